The zero-order chi connectivity index (χ0) is 17.9. The maximum Gasteiger partial charge on any atom is 0.321 e. The molecule has 2 N–H and O–H groups in total. The van der Waals surface area contributed by atoms with Crippen LogP contribution in [0.2, 0.25) is 0 Å². The fraction of sp³-hybridized carbons (Fsp3) is 0.400. The van der Waals surface area contributed by atoms with Crippen molar-refractivity contribution < 1.29 is 17.6 Å². The van der Waals surface area contributed by atoms with Crippen LogP contribution in [0.25, 0.3) is 11.5 Å². The van der Waals surface area contributed by atoms with Crippen LogP contribution in [0.4, 0.5) is 10.5 Å². The monoisotopic (exact) mass is 365 g/mol. The van der Waals surface area contributed by atoms with E-state index in [0.717, 1.165) is 12.7 Å². The third-order valence-electron chi connectivity index (χ3n) is 3.81. The molecule has 0 bridgehead atoms. The van der Waals surface area contributed by atoms with E-state index in [9.17, 15) is 13.2 Å². The number of nitrogens with one attached hydrogen (secondary N) is 2. The molecule has 9 nitrogen and oxygen atoms in total. The predicted octanol–water partition coefficient (Wildman–Crippen LogP) is 1.28. The number of likely N-dealkylation sites (tertiary alicyclic amines) is 1. The van der Waals surface area contributed by atoms with Gasteiger partial charge in [-0.2, -0.15) is 0 Å². The molecular formula is C15H19N5O4S. The summed E-state index contributed by atoms with van der Waals surface area (Å²) in [6.45, 7) is 0.916. The van der Waals surface area contributed by atoms with Gasteiger partial charge in [0.05, 0.1) is 6.26 Å². The van der Waals surface area contributed by atoms with Gasteiger partial charge in [0.2, 0.25) is 22.3 Å². The van der Waals surface area contributed by atoms with E-state index in [0.29, 0.717) is 36.7 Å². The highest BCUT2D eigenvalue weighted by Crippen LogP contribution is 2.21. The van der Waals surface area contributed by atoms with Crippen molar-refractivity contribution >= 4 is 21.7 Å². The number of anilines is 1. The lowest BCUT2D eigenvalue weighted by Crippen LogP contribution is -2.50. The molecule has 1 aromatic heterocycles. The minimum Gasteiger partial charge on any atom is -0.423 e. The molecule has 1 aromatic carbocycles. The van der Waals surface area contributed by atoms with Gasteiger partial charge in [0, 0.05) is 30.4 Å². The maximum absolute atomic E-state index is 12.5. The summed E-state index contributed by atoms with van der Waals surface area (Å²) in [7, 11) is -3.29. The first-order chi connectivity index (χ1) is 11.9. The van der Waals surface area contributed by atoms with Crippen LogP contribution in [0.3, 0.4) is 0 Å². The van der Waals surface area contributed by atoms with Gasteiger partial charge in [0.25, 0.3) is 0 Å². The summed E-state index contributed by atoms with van der Waals surface area (Å²) in [4.78, 5) is 14.1. The van der Waals surface area contributed by atoms with Crippen molar-refractivity contribution in [3.63, 3.8) is 0 Å². The van der Waals surface area contributed by atoms with Crippen molar-refractivity contribution in [2.24, 2.45) is 0 Å². The summed E-state index contributed by atoms with van der Waals surface area (Å²) in [6, 6.07) is 6.53. The summed E-state index contributed by atoms with van der Waals surface area (Å²) in [5, 5.41) is 10.3. The average molecular weight is 365 g/mol. The highest BCUT2D eigenvalue weighted by Gasteiger charge is 2.25. The summed E-state index contributed by atoms with van der Waals surface area (Å²) in [6.07, 6.45) is 3.81. The number of nitrogens with zero attached hydrogens (tertiary/aromatic N) is 3. The second kappa shape index (κ2) is 7.19. The Morgan fingerprint density at radius 1 is 1.40 bits per heavy atom. The van der Waals surface area contributed by atoms with Crippen LogP contribution in [0.5, 0.6) is 0 Å². The second-order valence-electron chi connectivity index (χ2n) is 5.93. The third kappa shape index (κ3) is 4.77. The molecule has 0 saturated carbocycles. The van der Waals surface area contributed by atoms with Crippen LogP contribution < -0.4 is 10.0 Å². The van der Waals surface area contributed by atoms with Gasteiger partial charge >= 0.3 is 6.03 Å². The van der Waals surface area contributed by atoms with Gasteiger partial charge in [-0.25, -0.2) is 17.9 Å². The minimum absolute atomic E-state index is 0.265. The van der Waals surface area contributed by atoms with Crippen molar-refractivity contribution in [2.45, 2.75) is 18.9 Å². The molecule has 1 fully saturated rings. The minimum atomic E-state index is -3.29. The highest BCUT2D eigenvalue weighted by molar-refractivity contribution is 7.88. The summed E-state index contributed by atoms with van der Waals surface area (Å²) in [5.41, 5.74) is 1.30. The van der Waals surface area contributed by atoms with Crippen molar-refractivity contribution in [3.05, 3.63) is 30.7 Å². The van der Waals surface area contributed by atoms with E-state index in [1.165, 1.54) is 6.39 Å². The van der Waals surface area contributed by atoms with Gasteiger partial charge < -0.3 is 14.6 Å². The van der Waals surface area contributed by atoms with Gasteiger partial charge in [-0.3, -0.25) is 0 Å². The lowest BCUT2D eigenvalue weighted by molar-refractivity contribution is 0.190. The Bertz CT molecular complexity index is 837. The topological polar surface area (TPSA) is 117 Å². The molecule has 25 heavy (non-hydrogen) atoms. The molecule has 1 aliphatic heterocycles. The van der Waals surface area contributed by atoms with E-state index >= 15 is 0 Å². The fourth-order valence-electron chi connectivity index (χ4n) is 2.79. The standard InChI is InChI=1S/C15H19N5O4S/c1-25(22,23)19-13-6-3-7-20(9-13)15(21)17-12-5-2-4-11(8-12)14-18-16-10-24-14/h2,4-5,8,10,13,19H,3,6-7,9H2,1H3,(H,17,21)/t13-/m0/s1. The number of benzene rings is 1. The normalized spacial score (nSPS) is 18.1. The Hall–Kier alpha value is -2.46. The zero-order valence-electron chi connectivity index (χ0n) is 13.7. The smallest absolute Gasteiger partial charge is 0.321 e. The Balaban J connectivity index is 1.65. The van der Waals surface area contributed by atoms with Gasteiger partial charge in [-0.15, -0.1) is 10.2 Å². The first-order valence-electron chi connectivity index (χ1n) is 7.80. The molecule has 0 spiro atoms. The molecule has 0 aliphatic carbocycles. The van der Waals surface area contributed by atoms with Crippen LogP contribution in [0.1, 0.15) is 12.8 Å². The molecule has 2 amide bonds. The molecule has 0 unspecified atom stereocenters. The average Bonchev–Trinajstić information content (AvgIpc) is 3.08. The molecule has 1 aliphatic rings. The first-order valence-corrected chi connectivity index (χ1v) is 9.70. The van der Waals surface area contributed by atoms with Crippen molar-refractivity contribution in [1.29, 1.82) is 0 Å². The molecule has 1 saturated heterocycles. The van der Waals surface area contributed by atoms with Gasteiger partial charge in [0.15, 0.2) is 0 Å². The van der Waals surface area contributed by atoms with Crippen LogP contribution in [-0.2, 0) is 10.0 Å². The van der Waals surface area contributed by atoms with E-state index in [1.807, 2.05) is 0 Å². The summed E-state index contributed by atoms with van der Waals surface area (Å²) in [5.74, 6) is 0.367. The van der Waals surface area contributed by atoms with Gasteiger partial charge in [-0.1, -0.05) is 6.07 Å². The molecule has 134 valence electrons. The Morgan fingerprint density at radius 2 is 2.24 bits per heavy atom. The van der Waals surface area contributed by atoms with E-state index in [1.54, 1.807) is 29.2 Å². The number of carbonyl (C=O) groups excluding carboxylic acids is 1. The second-order valence-corrected chi connectivity index (χ2v) is 7.71. The van der Waals surface area contributed by atoms with E-state index in [2.05, 4.69) is 20.2 Å². The number of piperidine rings is 1. The molecule has 2 heterocycles. The Labute approximate surface area is 145 Å². The molecule has 10 heteroatoms. The number of urea groups is 1. The number of carbonyl (C=O) groups is 1. The van der Waals surface area contributed by atoms with Crippen molar-refractivity contribution in [1.82, 2.24) is 19.8 Å². The van der Waals surface area contributed by atoms with E-state index in [-0.39, 0.29) is 12.1 Å². The van der Waals surface area contributed by atoms with E-state index < -0.39 is 10.0 Å². The lowest BCUT2D eigenvalue weighted by Gasteiger charge is -2.32. The van der Waals surface area contributed by atoms with Gasteiger partial charge in [0.1, 0.15) is 0 Å². The number of rotatable bonds is 4. The Morgan fingerprint density at radius 3 is 2.96 bits per heavy atom. The number of sulfonamides is 1. The summed E-state index contributed by atoms with van der Waals surface area (Å²) < 4.78 is 30.4. The van der Waals surface area contributed by atoms with Crippen molar-refractivity contribution in [3.8, 4) is 11.5 Å². The molecule has 2 aromatic rings. The van der Waals surface area contributed by atoms with Gasteiger partial charge in [-0.05, 0) is 31.0 Å². The maximum atomic E-state index is 12.5. The lowest BCUT2D eigenvalue weighted by atomic mass is 10.1. The van der Waals surface area contributed by atoms with Crippen LogP contribution in [-0.4, -0.2) is 54.9 Å². The molecule has 1 atom stereocenters. The largest absolute Gasteiger partial charge is 0.423 e. The molecule has 3 rings (SSSR count). The predicted molar refractivity (Wildman–Crippen MR) is 91.3 cm³/mol. The fourth-order valence-corrected chi connectivity index (χ4v) is 3.59. The summed E-state index contributed by atoms with van der Waals surface area (Å²) >= 11 is 0. The number of hydrogen-bond acceptors (Lipinski definition) is 6. The van der Waals surface area contributed by atoms with E-state index in [4.69, 9.17) is 4.42 Å². The first kappa shape index (κ1) is 17.4. The Kier molecular flexibility index (Phi) is 5.00. The quantitative estimate of drug-likeness (QED) is 0.843. The zero-order valence-corrected chi connectivity index (χ0v) is 14.5. The number of hydrogen-bond donors (Lipinski definition) is 2. The molecular weight excluding hydrogens is 346 g/mol. The third-order valence-corrected chi connectivity index (χ3v) is 4.57. The number of aromatic nitrogens is 2. The van der Waals surface area contributed by atoms with Crippen molar-refractivity contribution in [2.75, 3.05) is 24.7 Å². The van der Waals surface area contributed by atoms with Crippen LogP contribution >= 0.6 is 0 Å². The number of amides is 2. The molecule has 0 radical (unpaired) electrons. The highest BCUT2D eigenvalue weighted by atomic mass is 32.2. The van der Waals surface area contributed by atoms with Crippen LogP contribution in [0, 0.1) is 0 Å². The van der Waals surface area contributed by atoms with Crippen LogP contribution in [0.15, 0.2) is 35.1 Å². The SMILES string of the molecule is CS(=O)(=O)N[C@H]1CCCN(C(=O)Nc2cccc(-c3nnco3)c2)C1.